The first-order valence-corrected chi connectivity index (χ1v) is 10.5. The Kier molecular flexibility index (Phi) is 6.12. The minimum atomic E-state index is -3.85. The third-order valence-corrected chi connectivity index (χ3v) is 6.39. The zero-order valence-corrected chi connectivity index (χ0v) is 17.4. The van der Waals surface area contributed by atoms with Crippen LogP contribution in [0, 0.1) is 18.3 Å². The first kappa shape index (κ1) is 20.7. The molecule has 0 fully saturated rings. The second-order valence-corrected chi connectivity index (χ2v) is 8.66. The first-order chi connectivity index (χ1) is 13.9. The highest BCUT2D eigenvalue weighted by Gasteiger charge is 2.22. The third kappa shape index (κ3) is 4.37. The van der Waals surface area contributed by atoms with Crippen LogP contribution in [-0.4, -0.2) is 15.5 Å². The monoisotopic (exact) mass is 427 g/mol. The van der Waals surface area contributed by atoms with Crippen molar-refractivity contribution >= 4 is 21.4 Å². The van der Waals surface area contributed by atoms with Crippen LogP contribution >= 0.6 is 11.6 Å². The van der Waals surface area contributed by atoms with E-state index in [0.29, 0.717) is 23.7 Å². The maximum atomic E-state index is 13.1. The second kappa shape index (κ2) is 8.56. The summed E-state index contributed by atoms with van der Waals surface area (Å²) in [5, 5.41) is 9.23. The third-order valence-electron chi connectivity index (χ3n) is 4.37. The van der Waals surface area contributed by atoms with Gasteiger partial charge >= 0.3 is 0 Å². The smallest absolute Gasteiger partial charge is 0.206 e. The summed E-state index contributed by atoms with van der Waals surface area (Å²) in [5.41, 5.74) is 1.73. The summed E-state index contributed by atoms with van der Waals surface area (Å²) in [4.78, 5) is 0.0561. The van der Waals surface area contributed by atoms with E-state index in [9.17, 15) is 8.42 Å². The first-order valence-electron chi connectivity index (χ1n) is 8.67. The fourth-order valence-corrected chi connectivity index (χ4v) is 4.58. The fourth-order valence-electron chi connectivity index (χ4n) is 2.82. The Morgan fingerprint density at radius 3 is 2.34 bits per heavy atom. The molecule has 3 aromatic carbocycles. The van der Waals surface area contributed by atoms with Crippen molar-refractivity contribution in [3.63, 3.8) is 0 Å². The number of ether oxygens (including phenoxy) is 2. The van der Waals surface area contributed by atoms with Crippen molar-refractivity contribution in [2.24, 2.45) is 0 Å². The molecule has 0 aliphatic heterocycles. The molecular weight excluding hydrogens is 410 g/mol. The quantitative estimate of drug-likeness (QED) is 0.556. The molecule has 7 heteroatoms. The van der Waals surface area contributed by atoms with Crippen molar-refractivity contribution in [3.8, 4) is 17.6 Å². The van der Waals surface area contributed by atoms with Gasteiger partial charge in [-0.05, 0) is 42.3 Å². The largest absolute Gasteiger partial charge is 0.493 e. The van der Waals surface area contributed by atoms with Gasteiger partial charge < -0.3 is 9.47 Å². The molecule has 0 aliphatic rings. The molecule has 0 saturated carbocycles. The van der Waals surface area contributed by atoms with Gasteiger partial charge in [0, 0.05) is 6.07 Å². The zero-order valence-electron chi connectivity index (χ0n) is 15.8. The highest BCUT2D eigenvalue weighted by Crippen LogP contribution is 2.34. The van der Waals surface area contributed by atoms with Crippen LogP contribution in [0.4, 0.5) is 0 Å². The van der Waals surface area contributed by atoms with E-state index in [1.54, 1.807) is 13.0 Å². The molecule has 0 spiro atoms. The van der Waals surface area contributed by atoms with Crippen LogP contribution < -0.4 is 9.47 Å². The van der Waals surface area contributed by atoms with E-state index in [1.165, 1.54) is 31.4 Å². The Bertz CT molecular complexity index is 1160. The summed E-state index contributed by atoms with van der Waals surface area (Å²) in [7, 11) is -2.41. The van der Waals surface area contributed by atoms with E-state index in [1.807, 2.05) is 36.4 Å². The van der Waals surface area contributed by atoms with Gasteiger partial charge in [-0.2, -0.15) is 5.26 Å². The molecule has 0 radical (unpaired) electrons. The van der Waals surface area contributed by atoms with Crippen molar-refractivity contribution < 1.29 is 17.9 Å². The Balaban J connectivity index is 1.94. The maximum Gasteiger partial charge on any atom is 0.206 e. The van der Waals surface area contributed by atoms with E-state index in [4.69, 9.17) is 26.3 Å². The summed E-state index contributed by atoms with van der Waals surface area (Å²) < 4.78 is 37.2. The van der Waals surface area contributed by atoms with Gasteiger partial charge in [-0.1, -0.05) is 41.9 Å². The van der Waals surface area contributed by atoms with Gasteiger partial charge in [-0.25, -0.2) is 8.42 Å². The summed E-state index contributed by atoms with van der Waals surface area (Å²) in [6.45, 7) is 1.97. The van der Waals surface area contributed by atoms with Crippen LogP contribution in [-0.2, 0) is 16.4 Å². The molecule has 0 aliphatic carbocycles. The van der Waals surface area contributed by atoms with Crippen molar-refractivity contribution in [2.75, 3.05) is 7.11 Å². The highest BCUT2D eigenvalue weighted by atomic mass is 35.5. The van der Waals surface area contributed by atoms with Gasteiger partial charge in [0.05, 0.1) is 27.5 Å². The minimum Gasteiger partial charge on any atom is -0.493 e. The number of hydrogen-bond acceptors (Lipinski definition) is 5. The van der Waals surface area contributed by atoms with E-state index in [2.05, 4.69) is 0 Å². The molecule has 3 aromatic rings. The maximum absolute atomic E-state index is 13.1. The molecule has 0 saturated heterocycles. The van der Waals surface area contributed by atoms with Crippen molar-refractivity contribution in [1.29, 1.82) is 5.26 Å². The van der Waals surface area contributed by atoms with Crippen LogP contribution in [0.25, 0.3) is 0 Å². The lowest BCUT2D eigenvalue weighted by Gasteiger charge is -2.13. The van der Waals surface area contributed by atoms with Gasteiger partial charge in [0.1, 0.15) is 12.7 Å². The summed E-state index contributed by atoms with van der Waals surface area (Å²) in [6.07, 6.45) is 0. The molecule has 0 unspecified atom stereocenters. The van der Waals surface area contributed by atoms with Gasteiger partial charge in [-0.15, -0.1) is 0 Å². The van der Waals surface area contributed by atoms with Gasteiger partial charge in [0.25, 0.3) is 0 Å². The number of nitriles is 1. The molecule has 5 nitrogen and oxygen atoms in total. The number of methoxy groups -OCH3 is 1. The Labute approximate surface area is 175 Å². The van der Waals surface area contributed by atoms with Crippen molar-refractivity contribution in [2.45, 2.75) is 23.3 Å². The fraction of sp³-hybridized carbons (Fsp3) is 0.136. The number of benzene rings is 3. The van der Waals surface area contributed by atoms with E-state index < -0.39 is 9.84 Å². The lowest BCUT2D eigenvalue weighted by atomic mass is 10.1. The molecular formula is C22H18ClNO4S. The molecule has 0 bridgehead atoms. The van der Waals surface area contributed by atoms with Crippen molar-refractivity contribution in [3.05, 3.63) is 82.4 Å². The molecule has 3 rings (SSSR count). The van der Waals surface area contributed by atoms with E-state index >= 15 is 0 Å². The lowest BCUT2D eigenvalue weighted by molar-refractivity contribution is 0.284. The minimum absolute atomic E-state index is 0.0130. The normalized spacial score (nSPS) is 11.0. The summed E-state index contributed by atoms with van der Waals surface area (Å²) >= 11 is 6.08. The highest BCUT2D eigenvalue weighted by molar-refractivity contribution is 7.91. The molecule has 0 heterocycles. The number of aryl methyl sites for hydroxylation is 1. The number of rotatable bonds is 6. The number of sulfone groups is 1. The number of nitrogens with zero attached hydrogens (tertiary/aromatic N) is 1. The topological polar surface area (TPSA) is 76.4 Å². The van der Waals surface area contributed by atoms with E-state index in [-0.39, 0.29) is 20.4 Å². The average Bonchev–Trinajstić information content (AvgIpc) is 2.72. The molecule has 0 atom stereocenters. The summed E-state index contributed by atoms with van der Waals surface area (Å²) in [5.74, 6) is 0.739. The van der Waals surface area contributed by atoms with Gasteiger partial charge in [0.2, 0.25) is 9.84 Å². The van der Waals surface area contributed by atoms with Crippen LogP contribution in [0.1, 0.15) is 16.7 Å². The molecule has 0 N–H and O–H groups in total. The number of halogens is 1. The van der Waals surface area contributed by atoms with E-state index in [0.717, 1.165) is 5.56 Å². The lowest BCUT2D eigenvalue weighted by Crippen LogP contribution is -2.05. The van der Waals surface area contributed by atoms with Crippen LogP contribution in [0.2, 0.25) is 5.02 Å². The average molecular weight is 428 g/mol. The van der Waals surface area contributed by atoms with Crippen LogP contribution in [0.5, 0.6) is 11.5 Å². The zero-order chi connectivity index (χ0) is 21.0. The van der Waals surface area contributed by atoms with Crippen LogP contribution in [0.3, 0.4) is 0 Å². The predicted octanol–water partition coefficient (Wildman–Crippen LogP) is 4.94. The van der Waals surface area contributed by atoms with Crippen LogP contribution in [0.15, 0.2) is 70.5 Å². The Hall–Kier alpha value is -3.01. The molecule has 148 valence electrons. The SMILES string of the molecule is COc1cc(S(=O)(=O)c2cc(C)c(C#N)c(Cl)c2)ccc1OCc1ccccc1. The standard InChI is InChI=1S/C22H18ClNO4S/c1-15-10-18(11-20(23)19(15)13-24)29(25,26)17-8-9-21(22(12-17)27-2)28-14-16-6-4-3-5-7-16/h3-12H,14H2,1-2H3. The van der Waals surface area contributed by atoms with Gasteiger partial charge in [0.15, 0.2) is 11.5 Å². The molecule has 29 heavy (non-hydrogen) atoms. The Morgan fingerprint density at radius 2 is 1.72 bits per heavy atom. The molecule has 0 aromatic heterocycles. The molecule has 0 amide bonds. The predicted molar refractivity (Wildman–Crippen MR) is 110 cm³/mol. The second-order valence-electron chi connectivity index (χ2n) is 6.30. The number of hydrogen-bond donors (Lipinski definition) is 0. The summed E-state index contributed by atoms with van der Waals surface area (Å²) in [6, 6.07) is 18.7. The van der Waals surface area contributed by atoms with Crippen molar-refractivity contribution in [1.82, 2.24) is 0 Å². The van der Waals surface area contributed by atoms with Gasteiger partial charge in [-0.3, -0.25) is 0 Å². The Morgan fingerprint density at radius 1 is 1.00 bits per heavy atom.